The maximum Gasteiger partial charge on any atom is 0.348 e. The Hall–Kier alpha value is -2.73. The molecule has 136 valence electrons. The summed E-state index contributed by atoms with van der Waals surface area (Å²) in [6.07, 6.45) is 0.0503. The number of carbonyl (C=O) groups is 1. The van der Waals surface area contributed by atoms with E-state index in [1.54, 1.807) is 6.07 Å². The molecule has 2 heterocycles. The number of hydrogen-bond acceptors (Lipinski definition) is 5. The van der Waals surface area contributed by atoms with E-state index in [-0.39, 0.29) is 6.61 Å². The largest absolute Gasteiger partial charge is 0.493 e. The van der Waals surface area contributed by atoms with E-state index in [2.05, 4.69) is 0 Å². The number of rotatable bonds is 5. The molecule has 0 bridgehead atoms. The summed E-state index contributed by atoms with van der Waals surface area (Å²) in [5, 5.41) is 9.05. The van der Waals surface area contributed by atoms with Crippen molar-refractivity contribution in [2.75, 3.05) is 26.4 Å². The van der Waals surface area contributed by atoms with Crippen molar-refractivity contribution in [1.29, 1.82) is 0 Å². The number of para-hydroxylation sites is 1. The second-order valence-electron chi connectivity index (χ2n) is 6.45. The lowest BCUT2D eigenvalue weighted by atomic mass is 10.0. The maximum absolute atomic E-state index is 11.0. The van der Waals surface area contributed by atoms with Gasteiger partial charge in [0.05, 0.1) is 13.2 Å². The molecule has 2 unspecified atom stereocenters. The van der Waals surface area contributed by atoms with Gasteiger partial charge in [-0.05, 0) is 30.2 Å². The molecule has 2 aromatic rings. The van der Waals surface area contributed by atoms with Crippen LogP contribution in [0.5, 0.6) is 17.2 Å². The fourth-order valence-electron chi connectivity index (χ4n) is 3.11. The smallest absolute Gasteiger partial charge is 0.348 e. The molecule has 1 N–H and O–H groups in total. The van der Waals surface area contributed by atoms with E-state index < -0.39 is 12.1 Å². The third-order valence-electron chi connectivity index (χ3n) is 4.58. The fourth-order valence-corrected chi connectivity index (χ4v) is 3.11. The molecule has 0 aliphatic carbocycles. The summed E-state index contributed by atoms with van der Waals surface area (Å²) in [6.45, 7) is 2.17. The van der Waals surface area contributed by atoms with Gasteiger partial charge in [0.2, 0.25) is 6.10 Å². The second-order valence-corrected chi connectivity index (χ2v) is 6.45. The molecule has 4 rings (SSSR count). The van der Waals surface area contributed by atoms with Crippen molar-refractivity contribution in [3.05, 3.63) is 42.5 Å². The molecule has 1 saturated heterocycles. The Labute approximate surface area is 151 Å². The number of benzene rings is 2. The molecular weight excluding hydrogens is 336 g/mol. The highest BCUT2D eigenvalue weighted by atomic mass is 16.6. The number of ether oxygens (including phenoxy) is 4. The molecule has 0 spiro atoms. The summed E-state index contributed by atoms with van der Waals surface area (Å²) in [5.41, 5.74) is 1.89. The molecule has 1 fully saturated rings. The molecule has 0 radical (unpaired) electrons. The van der Waals surface area contributed by atoms with Gasteiger partial charge >= 0.3 is 5.97 Å². The fraction of sp³-hybridized carbons (Fsp3) is 0.350. The predicted molar refractivity (Wildman–Crippen MR) is 93.8 cm³/mol. The van der Waals surface area contributed by atoms with Gasteiger partial charge in [0, 0.05) is 18.1 Å². The Morgan fingerprint density at radius 2 is 2.04 bits per heavy atom. The average molecular weight is 356 g/mol. The van der Waals surface area contributed by atoms with Crippen molar-refractivity contribution in [3.63, 3.8) is 0 Å². The van der Waals surface area contributed by atoms with Crippen LogP contribution in [-0.2, 0) is 9.53 Å². The highest BCUT2D eigenvalue weighted by Crippen LogP contribution is 2.38. The summed E-state index contributed by atoms with van der Waals surface area (Å²) in [6, 6.07) is 13.3. The van der Waals surface area contributed by atoms with Gasteiger partial charge in [-0.2, -0.15) is 0 Å². The molecule has 2 atom stereocenters. The number of aliphatic carboxylic acids is 1. The van der Waals surface area contributed by atoms with Crippen LogP contribution in [0.15, 0.2) is 42.5 Å². The number of hydrogen-bond donors (Lipinski definition) is 1. The molecule has 2 aliphatic rings. The summed E-state index contributed by atoms with van der Waals surface area (Å²) in [4.78, 5) is 11.0. The van der Waals surface area contributed by atoms with Crippen LogP contribution in [0.25, 0.3) is 11.1 Å². The quantitative estimate of drug-likeness (QED) is 0.888. The molecule has 0 aromatic heterocycles. The zero-order chi connectivity index (χ0) is 17.9. The molecule has 0 amide bonds. The number of fused-ring (bicyclic) bond motifs is 1. The lowest BCUT2D eigenvalue weighted by Gasteiger charge is -2.24. The van der Waals surface area contributed by atoms with E-state index >= 15 is 0 Å². The minimum atomic E-state index is -1.03. The third-order valence-corrected chi connectivity index (χ3v) is 4.58. The lowest BCUT2D eigenvalue weighted by molar-refractivity contribution is -0.147. The summed E-state index contributed by atoms with van der Waals surface area (Å²) < 4.78 is 22.5. The molecule has 26 heavy (non-hydrogen) atoms. The van der Waals surface area contributed by atoms with Crippen LogP contribution in [0.4, 0.5) is 0 Å². The number of carboxylic acid groups (broad SMARTS) is 1. The van der Waals surface area contributed by atoms with Gasteiger partial charge in [0.15, 0.2) is 11.5 Å². The van der Waals surface area contributed by atoms with Crippen molar-refractivity contribution in [1.82, 2.24) is 0 Å². The third kappa shape index (κ3) is 3.46. The standard InChI is InChI=1S/C20H20O6/c21-20(22)19-12-25-18-9-14(5-6-17(18)26-19)15-3-1-2-4-16(15)24-11-13-7-8-23-10-13/h1-6,9,13,19H,7-8,10-12H2,(H,21,22). The van der Waals surface area contributed by atoms with E-state index in [0.717, 1.165) is 36.5 Å². The Balaban J connectivity index is 1.55. The monoisotopic (exact) mass is 356 g/mol. The van der Waals surface area contributed by atoms with Crippen molar-refractivity contribution < 1.29 is 28.8 Å². The van der Waals surface area contributed by atoms with Gasteiger partial charge in [0.1, 0.15) is 12.4 Å². The summed E-state index contributed by atoms with van der Waals surface area (Å²) in [7, 11) is 0. The SMILES string of the molecule is O=C(O)C1COc2cc(-c3ccccc3OCC3CCOC3)ccc2O1. The maximum atomic E-state index is 11.0. The van der Waals surface area contributed by atoms with Crippen LogP contribution in [0.3, 0.4) is 0 Å². The first-order valence-electron chi connectivity index (χ1n) is 8.67. The molecular formula is C20H20O6. The average Bonchev–Trinajstić information content (AvgIpc) is 3.19. The highest BCUT2D eigenvalue weighted by Gasteiger charge is 2.27. The van der Waals surface area contributed by atoms with Crippen molar-refractivity contribution in [2.45, 2.75) is 12.5 Å². The van der Waals surface area contributed by atoms with Gasteiger partial charge in [-0.25, -0.2) is 4.79 Å². The van der Waals surface area contributed by atoms with E-state index in [9.17, 15) is 4.79 Å². The zero-order valence-electron chi connectivity index (χ0n) is 14.2. The lowest BCUT2D eigenvalue weighted by Crippen LogP contribution is -2.36. The van der Waals surface area contributed by atoms with Crippen LogP contribution in [0.1, 0.15) is 6.42 Å². The van der Waals surface area contributed by atoms with Crippen molar-refractivity contribution in [3.8, 4) is 28.4 Å². The van der Waals surface area contributed by atoms with Gasteiger partial charge in [-0.1, -0.05) is 24.3 Å². The molecule has 0 saturated carbocycles. The van der Waals surface area contributed by atoms with Crippen LogP contribution in [0, 0.1) is 5.92 Å². The molecule has 6 nitrogen and oxygen atoms in total. The van der Waals surface area contributed by atoms with Gasteiger partial charge in [-0.15, -0.1) is 0 Å². The first kappa shape index (κ1) is 16.7. The van der Waals surface area contributed by atoms with E-state index in [0.29, 0.717) is 24.0 Å². The van der Waals surface area contributed by atoms with E-state index in [4.69, 9.17) is 24.1 Å². The van der Waals surface area contributed by atoms with Crippen LogP contribution in [-0.4, -0.2) is 43.6 Å². The first-order chi connectivity index (χ1) is 12.7. The molecule has 2 aliphatic heterocycles. The normalized spacial score (nSPS) is 21.4. The van der Waals surface area contributed by atoms with Crippen molar-refractivity contribution in [2.24, 2.45) is 5.92 Å². The van der Waals surface area contributed by atoms with E-state index in [1.165, 1.54) is 0 Å². The van der Waals surface area contributed by atoms with Crippen molar-refractivity contribution >= 4 is 5.97 Å². The Bertz CT molecular complexity index is 797. The Kier molecular flexibility index (Phi) is 4.67. The Morgan fingerprint density at radius 1 is 1.15 bits per heavy atom. The van der Waals surface area contributed by atoms with Gasteiger partial charge < -0.3 is 24.1 Å². The van der Waals surface area contributed by atoms with Crippen LogP contribution >= 0.6 is 0 Å². The van der Waals surface area contributed by atoms with Crippen LogP contribution < -0.4 is 14.2 Å². The highest BCUT2D eigenvalue weighted by molar-refractivity contribution is 5.75. The number of carboxylic acids is 1. The van der Waals surface area contributed by atoms with Crippen LogP contribution in [0.2, 0.25) is 0 Å². The molecule has 6 heteroatoms. The zero-order valence-corrected chi connectivity index (χ0v) is 14.2. The predicted octanol–water partition coefficient (Wildman–Crippen LogP) is 2.99. The van der Waals surface area contributed by atoms with Gasteiger partial charge in [0.25, 0.3) is 0 Å². The summed E-state index contributed by atoms with van der Waals surface area (Å²) >= 11 is 0. The topological polar surface area (TPSA) is 74.2 Å². The van der Waals surface area contributed by atoms with E-state index in [1.807, 2.05) is 36.4 Å². The summed E-state index contributed by atoms with van der Waals surface area (Å²) in [5.74, 6) is 1.18. The minimum Gasteiger partial charge on any atom is -0.493 e. The minimum absolute atomic E-state index is 0.00832. The van der Waals surface area contributed by atoms with Gasteiger partial charge in [-0.3, -0.25) is 0 Å². The second kappa shape index (κ2) is 7.25. The Morgan fingerprint density at radius 3 is 2.85 bits per heavy atom. The first-order valence-corrected chi connectivity index (χ1v) is 8.67. The molecule has 2 aromatic carbocycles.